The molecule has 7 heteroatoms. The van der Waals surface area contributed by atoms with Crippen LogP contribution in [0.2, 0.25) is 0 Å². The number of rotatable bonds is 0. The van der Waals surface area contributed by atoms with Crippen molar-refractivity contribution in [3.05, 3.63) is 11.1 Å². The number of carbonyl (C=O) groups is 1. The van der Waals surface area contributed by atoms with Gasteiger partial charge >= 0.3 is 6.03 Å². The first-order valence-electron chi connectivity index (χ1n) is 5.07. The summed E-state index contributed by atoms with van der Waals surface area (Å²) in [4.78, 5) is 19.7. The molecule has 0 aliphatic carbocycles. The number of fused-ring (bicyclic) bond motifs is 2. The third-order valence-electron chi connectivity index (χ3n) is 3.08. The monoisotopic (exact) mass is 239 g/mol. The molecule has 2 atom stereocenters. The maximum absolute atomic E-state index is 11.8. The Morgan fingerprint density at radius 1 is 1.44 bits per heavy atom. The molecular formula is C9H13N5OS. The Bertz CT molecular complexity index is 420. The lowest BCUT2D eigenvalue weighted by Gasteiger charge is -2.34. The zero-order chi connectivity index (χ0) is 11.4. The highest BCUT2D eigenvalue weighted by Gasteiger charge is 2.46. The molecule has 3 rings (SSSR count). The van der Waals surface area contributed by atoms with Gasteiger partial charge in [0.15, 0.2) is 11.3 Å². The topological polar surface area (TPSA) is 51.2 Å². The van der Waals surface area contributed by atoms with Crippen molar-refractivity contribution in [1.82, 2.24) is 20.2 Å². The van der Waals surface area contributed by atoms with Gasteiger partial charge in [-0.2, -0.15) is 0 Å². The maximum atomic E-state index is 11.8. The molecule has 1 fully saturated rings. The smallest absolute Gasteiger partial charge is 0.306 e. The molecule has 0 radical (unpaired) electrons. The fraction of sp³-hybridized carbons (Fsp3) is 0.556. The number of amidine groups is 1. The summed E-state index contributed by atoms with van der Waals surface area (Å²) < 4.78 is 0. The van der Waals surface area contributed by atoms with E-state index in [9.17, 15) is 4.79 Å². The summed E-state index contributed by atoms with van der Waals surface area (Å²) in [6.07, 6.45) is -0.209. The van der Waals surface area contributed by atoms with Gasteiger partial charge in [-0.25, -0.2) is 15.2 Å². The fourth-order valence-electron chi connectivity index (χ4n) is 2.09. The highest BCUT2D eigenvalue weighted by Crippen LogP contribution is 2.31. The first kappa shape index (κ1) is 9.98. The molecule has 1 N–H and O–H groups in total. The minimum absolute atomic E-state index is 0.000318. The number of allylic oxidation sites excluding steroid dienone is 1. The standard InChI is InChI=1S/C9H13N5OS/c1-5-4-16-8-10-6-7(11-14(5)8)13(3)9(15)12(6)2/h4,6-7,11H,1-3H3. The van der Waals surface area contributed by atoms with Gasteiger partial charge in [-0.3, -0.25) is 5.01 Å². The van der Waals surface area contributed by atoms with Gasteiger partial charge in [0.25, 0.3) is 0 Å². The molecule has 16 heavy (non-hydrogen) atoms. The number of carbonyl (C=O) groups excluding carboxylic acids is 1. The Morgan fingerprint density at radius 2 is 2.19 bits per heavy atom. The van der Waals surface area contributed by atoms with Gasteiger partial charge in [-0.1, -0.05) is 11.8 Å². The fourth-order valence-corrected chi connectivity index (χ4v) is 2.94. The van der Waals surface area contributed by atoms with Crippen LogP contribution in [0.25, 0.3) is 0 Å². The van der Waals surface area contributed by atoms with Crippen molar-refractivity contribution in [2.24, 2.45) is 4.99 Å². The summed E-state index contributed by atoms with van der Waals surface area (Å²) in [5.74, 6) is 0. The molecule has 0 saturated carbocycles. The van der Waals surface area contributed by atoms with E-state index in [-0.39, 0.29) is 18.4 Å². The Kier molecular flexibility index (Phi) is 1.96. The van der Waals surface area contributed by atoms with Crippen LogP contribution >= 0.6 is 11.8 Å². The number of hydrazine groups is 1. The second-order valence-corrected chi connectivity index (χ2v) is 4.95. The third-order valence-corrected chi connectivity index (χ3v) is 4.04. The van der Waals surface area contributed by atoms with E-state index in [4.69, 9.17) is 0 Å². The van der Waals surface area contributed by atoms with Crippen LogP contribution in [0.3, 0.4) is 0 Å². The Balaban J connectivity index is 1.96. The van der Waals surface area contributed by atoms with E-state index in [0.717, 1.165) is 10.9 Å². The van der Waals surface area contributed by atoms with Crippen molar-refractivity contribution >= 4 is 23.0 Å². The summed E-state index contributed by atoms with van der Waals surface area (Å²) in [7, 11) is 3.57. The van der Waals surface area contributed by atoms with Crippen LogP contribution in [0, 0.1) is 0 Å². The molecular weight excluding hydrogens is 226 g/mol. The molecule has 1 saturated heterocycles. The second kappa shape index (κ2) is 3.14. The van der Waals surface area contributed by atoms with Crippen molar-refractivity contribution < 1.29 is 4.79 Å². The number of amides is 2. The van der Waals surface area contributed by atoms with Gasteiger partial charge < -0.3 is 9.80 Å². The van der Waals surface area contributed by atoms with E-state index in [2.05, 4.69) is 15.8 Å². The van der Waals surface area contributed by atoms with Gasteiger partial charge in [-0.15, -0.1) is 0 Å². The van der Waals surface area contributed by atoms with Crippen molar-refractivity contribution in [2.45, 2.75) is 19.3 Å². The largest absolute Gasteiger partial charge is 0.322 e. The van der Waals surface area contributed by atoms with E-state index in [0.29, 0.717) is 0 Å². The molecule has 2 amide bonds. The average Bonchev–Trinajstić information content (AvgIpc) is 2.74. The minimum Gasteiger partial charge on any atom is -0.306 e. The molecule has 3 aliphatic rings. The predicted molar refractivity (Wildman–Crippen MR) is 62.3 cm³/mol. The number of hydrogen-bond donors (Lipinski definition) is 1. The van der Waals surface area contributed by atoms with Crippen molar-refractivity contribution in [3.8, 4) is 0 Å². The van der Waals surface area contributed by atoms with Crippen molar-refractivity contribution in [1.29, 1.82) is 0 Å². The van der Waals surface area contributed by atoms with E-state index in [1.165, 1.54) is 0 Å². The molecule has 0 aromatic rings. The summed E-state index contributed by atoms with van der Waals surface area (Å²) in [5, 5.41) is 4.90. The highest BCUT2D eigenvalue weighted by molar-refractivity contribution is 8.16. The molecule has 86 valence electrons. The summed E-state index contributed by atoms with van der Waals surface area (Å²) in [6.45, 7) is 2.02. The molecule has 0 aromatic heterocycles. The van der Waals surface area contributed by atoms with E-state index in [1.54, 1.807) is 35.7 Å². The van der Waals surface area contributed by atoms with E-state index in [1.807, 2.05) is 11.9 Å². The zero-order valence-corrected chi connectivity index (χ0v) is 10.2. The normalized spacial score (nSPS) is 32.7. The van der Waals surface area contributed by atoms with Gasteiger partial charge in [0.05, 0.1) is 0 Å². The number of nitrogens with one attached hydrogen (secondary N) is 1. The summed E-state index contributed by atoms with van der Waals surface area (Å²) in [6, 6.07) is -0.000318. The predicted octanol–water partition coefficient (Wildman–Crippen LogP) is 0.420. The highest BCUT2D eigenvalue weighted by atomic mass is 32.2. The van der Waals surface area contributed by atoms with Gasteiger partial charge in [0.1, 0.15) is 6.17 Å². The summed E-state index contributed by atoms with van der Waals surface area (Å²) >= 11 is 1.58. The molecule has 6 nitrogen and oxygen atoms in total. The van der Waals surface area contributed by atoms with Crippen LogP contribution in [0.4, 0.5) is 4.79 Å². The number of urea groups is 1. The molecule has 0 bridgehead atoms. The van der Waals surface area contributed by atoms with Gasteiger partial charge in [-0.05, 0) is 12.3 Å². The SMILES string of the molecule is CC1=CSC2=NC3C(NN12)N(C)C(=O)N3C. The summed E-state index contributed by atoms with van der Waals surface area (Å²) in [5.41, 5.74) is 4.42. The second-order valence-electron chi connectivity index (χ2n) is 4.12. The van der Waals surface area contributed by atoms with Crippen LogP contribution < -0.4 is 5.43 Å². The van der Waals surface area contributed by atoms with Crippen molar-refractivity contribution in [3.63, 3.8) is 0 Å². The lowest BCUT2D eigenvalue weighted by molar-refractivity contribution is 0.164. The van der Waals surface area contributed by atoms with E-state index < -0.39 is 0 Å². The first-order valence-corrected chi connectivity index (χ1v) is 5.94. The molecule has 2 unspecified atom stereocenters. The third kappa shape index (κ3) is 1.12. The van der Waals surface area contributed by atoms with Crippen LogP contribution in [0.5, 0.6) is 0 Å². The average molecular weight is 239 g/mol. The molecule has 3 aliphatic heterocycles. The van der Waals surface area contributed by atoms with Gasteiger partial charge in [0, 0.05) is 19.8 Å². The van der Waals surface area contributed by atoms with Crippen LogP contribution in [-0.4, -0.2) is 52.4 Å². The molecule has 3 heterocycles. The minimum atomic E-state index is -0.129. The lowest BCUT2D eigenvalue weighted by atomic mass is 10.3. The molecule has 0 aromatic carbocycles. The zero-order valence-electron chi connectivity index (χ0n) is 9.34. The Labute approximate surface area is 97.9 Å². The van der Waals surface area contributed by atoms with Crippen LogP contribution in [0.1, 0.15) is 6.92 Å². The Morgan fingerprint density at radius 3 is 2.94 bits per heavy atom. The number of hydrogen-bond acceptors (Lipinski definition) is 5. The number of aliphatic imine (C=N–C) groups is 1. The van der Waals surface area contributed by atoms with Crippen LogP contribution in [-0.2, 0) is 0 Å². The lowest BCUT2D eigenvalue weighted by Crippen LogP contribution is -2.57. The number of nitrogens with zero attached hydrogens (tertiary/aromatic N) is 4. The van der Waals surface area contributed by atoms with E-state index >= 15 is 0 Å². The quantitative estimate of drug-likeness (QED) is 0.665. The Hall–Kier alpha value is -1.21. The first-order chi connectivity index (χ1) is 7.59. The van der Waals surface area contributed by atoms with Crippen LogP contribution in [0.15, 0.2) is 16.1 Å². The number of likely N-dealkylation sites (N-methyl/N-ethyl adjacent to an activating group) is 2. The van der Waals surface area contributed by atoms with Crippen molar-refractivity contribution in [2.75, 3.05) is 14.1 Å². The van der Waals surface area contributed by atoms with Gasteiger partial charge in [0.2, 0.25) is 0 Å². The number of thioether (sulfide) groups is 1. The molecule has 0 spiro atoms. The maximum Gasteiger partial charge on any atom is 0.322 e.